The molecule has 0 saturated carbocycles. The zero-order valence-corrected chi connectivity index (χ0v) is 14.4. The monoisotopic (exact) mass is 291 g/mol. The third kappa shape index (κ3) is 5.29. The van der Waals surface area contributed by atoms with E-state index in [9.17, 15) is 4.79 Å². The van der Waals surface area contributed by atoms with Gasteiger partial charge in [-0.25, -0.2) is 0 Å². The SMILES string of the molecule is CN(C)c1ccc(C(=O)NC(C)(C)CC(C)(C)C)cc1N. The maximum absolute atomic E-state index is 12.4. The van der Waals surface area contributed by atoms with E-state index in [1.807, 2.05) is 45.0 Å². The number of nitrogen functional groups attached to an aromatic ring is 1. The van der Waals surface area contributed by atoms with Crippen LogP contribution >= 0.6 is 0 Å². The summed E-state index contributed by atoms with van der Waals surface area (Å²) in [6, 6.07) is 5.42. The van der Waals surface area contributed by atoms with Crippen LogP contribution < -0.4 is 16.0 Å². The number of carbonyl (C=O) groups is 1. The van der Waals surface area contributed by atoms with E-state index in [0.717, 1.165) is 12.1 Å². The second-order valence-corrected chi connectivity index (χ2v) is 7.74. The Hall–Kier alpha value is -1.71. The predicted molar refractivity (Wildman–Crippen MR) is 90.8 cm³/mol. The van der Waals surface area contributed by atoms with E-state index < -0.39 is 0 Å². The summed E-state index contributed by atoms with van der Waals surface area (Å²) in [5, 5.41) is 3.10. The van der Waals surface area contributed by atoms with Gasteiger partial charge in [0, 0.05) is 25.2 Å². The lowest BCUT2D eigenvalue weighted by Crippen LogP contribution is -2.45. The first-order chi connectivity index (χ1) is 9.41. The number of rotatable bonds is 4. The fraction of sp³-hybridized carbons (Fsp3) is 0.588. The fourth-order valence-corrected chi connectivity index (χ4v) is 2.85. The van der Waals surface area contributed by atoms with Crippen LogP contribution in [0.2, 0.25) is 0 Å². The molecule has 0 aromatic heterocycles. The van der Waals surface area contributed by atoms with Gasteiger partial charge in [0.15, 0.2) is 0 Å². The maximum atomic E-state index is 12.4. The fourth-order valence-electron chi connectivity index (χ4n) is 2.85. The number of hydrogen-bond acceptors (Lipinski definition) is 3. The first-order valence-corrected chi connectivity index (χ1v) is 7.31. The topological polar surface area (TPSA) is 58.4 Å². The first-order valence-electron chi connectivity index (χ1n) is 7.31. The molecule has 118 valence electrons. The van der Waals surface area contributed by atoms with Gasteiger partial charge in [-0.1, -0.05) is 20.8 Å². The molecule has 0 fully saturated rings. The molecule has 21 heavy (non-hydrogen) atoms. The van der Waals surface area contributed by atoms with Gasteiger partial charge in [0.1, 0.15) is 0 Å². The molecule has 0 aliphatic carbocycles. The van der Waals surface area contributed by atoms with Crippen molar-refractivity contribution in [3.8, 4) is 0 Å². The molecule has 0 radical (unpaired) electrons. The summed E-state index contributed by atoms with van der Waals surface area (Å²) in [4.78, 5) is 14.3. The number of hydrogen-bond donors (Lipinski definition) is 2. The summed E-state index contributed by atoms with van der Waals surface area (Å²) >= 11 is 0. The molecule has 4 heteroatoms. The molecule has 0 aliphatic heterocycles. The van der Waals surface area contributed by atoms with Gasteiger partial charge in [-0.2, -0.15) is 0 Å². The van der Waals surface area contributed by atoms with Crippen LogP contribution in [-0.2, 0) is 0 Å². The van der Waals surface area contributed by atoms with Crippen LogP contribution in [0.15, 0.2) is 18.2 Å². The highest BCUT2D eigenvalue weighted by molar-refractivity contribution is 5.96. The van der Waals surface area contributed by atoms with Crippen molar-refractivity contribution in [2.45, 2.75) is 46.6 Å². The third-order valence-corrected chi connectivity index (χ3v) is 3.20. The maximum Gasteiger partial charge on any atom is 0.251 e. The lowest BCUT2D eigenvalue weighted by Gasteiger charge is -2.33. The molecular formula is C17H29N3O. The van der Waals surface area contributed by atoms with E-state index in [-0.39, 0.29) is 16.9 Å². The Morgan fingerprint density at radius 2 is 1.76 bits per heavy atom. The smallest absolute Gasteiger partial charge is 0.251 e. The van der Waals surface area contributed by atoms with Crippen LogP contribution in [0.1, 0.15) is 51.4 Å². The third-order valence-electron chi connectivity index (χ3n) is 3.20. The summed E-state index contributed by atoms with van der Waals surface area (Å²) in [6.07, 6.45) is 0.900. The van der Waals surface area contributed by atoms with Gasteiger partial charge >= 0.3 is 0 Å². The summed E-state index contributed by atoms with van der Waals surface area (Å²) in [7, 11) is 3.86. The molecule has 0 unspecified atom stereocenters. The van der Waals surface area contributed by atoms with E-state index in [1.54, 1.807) is 6.07 Å². The second-order valence-electron chi connectivity index (χ2n) is 7.74. The van der Waals surface area contributed by atoms with Gasteiger partial charge in [-0.05, 0) is 43.9 Å². The second kappa shape index (κ2) is 5.96. The van der Waals surface area contributed by atoms with Crippen molar-refractivity contribution in [3.05, 3.63) is 23.8 Å². The molecule has 1 aromatic carbocycles. The zero-order chi connectivity index (χ0) is 16.4. The Kier molecular flexibility index (Phi) is 4.92. The van der Waals surface area contributed by atoms with Crippen molar-refractivity contribution >= 4 is 17.3 Å². The van der Waals surface area contributed by atoms with Crippen LogP contribution in [0.5, 0.6) is 0 Å². The van der Waals surface area contributed by atoms with Gasteiger partial charge in [-0.15, -0.1) is 0 Å². The molecule has 0 atom stereocenters. The Morgan fingerprint density at radius 3 is 2.19 bits per heavy atom. The van der Waals surface area contributed by atoms with Crippen molar-refractivity contribution in [3.63, 3.8) is 0 Å². The molecule has 0 heterocycles. The van der Waals surface area contributed by atoms with E-state index in [1.165, 1.54) is 0 Å². The Labute approximate surface area is 128 Å². The van der Waals surface area contributed by atoms with Crippen molar-refractivity contribution in [2.75, 3.05) is 24.7 Å². The number of benzene rings is 1. The molecule has 4 nitrogen and oxygen atoms in total. The molecule has 0 bridgehead atoms. The highest BCUT2D eigenvalue weighted by atomic mass is 16.1. The summed E-state index contributed by atoms with van der Waals surface area (Å²) in [5.74, 6) is -0.0822. The molecule has 0 aliphatic rings. The highest BCUT2D eigenvalue weighted by Crippen LogP contribution is 2.27. The van der Waals surface area contributed by atoms with Crippen molar-refractivity contribution < 1.29 is 4.79 Å². The van der Waals surface area contributed by atoms with Crippen LogP contribution in [0.25, 0.3) is 0 Å². The van der Waals surface area contributed by atoms with Gasteiger partial charge in [-0.3, -0.25) is 4.79 Å². The lowest BCUT2D eigenvalue weighted by molar-refractivity contribution is 0.0891. The van der Waals surface area contributed by atoms with E-state index >= 15 is 0 Å². The van der Waals surface area contributed by atoms with Gasteiger partial charge in [0.25, 0.3) is 5.91 Å². The quantitative estimate of drug-likeness (QED) is 0.837. The number of carbonyl (C=O) groups excluding carboxylic acids is 1. The van der Waals surface area contributed by atoms with E-state index in [2.05, 4.69) is 26.1 Å². The minimum absolute atomic E-state index is 0.0822. The molecule has 1 aromatic rings. The van der Waals surface area contributed by atoms with Crippen molar-refractivity contribution in [1.82, 2.24) is 5.32 Å². The van der Waals surface area contributed by atoms with Crippen molar-refractivity contribution in [1.29, 1.82) is 0 Å². The number of nitrogens with one attached hydrogen (secondary N) is 1. The van der Waals surface area contributed by atoms with Gasteiger partial charge in [0.2, 0.25) is 0 Å². The summed E-state index contributed by atoms with van der Waals surface area (Å²) < 4.78 is 0. The molecule has 0 saturated heterocycles. The van der Waals surface area contributed by atoms with E-state index in [4.69, 9.17) is 5.73 Å². The summed E-state index contributed by atoms with van der Waals surface area (Å²) in [6.45, 7) is 10.6. The molecular weight excluding hydrogens is 262 g/mol. The number of anilines is 2. The first kappa shape index (κ1) is 17.3. The number of amides is 1. The summed E-state index contributed by atoms with van der Waals surface area (Å²) in [5.41, 5.74) is 8.03. The van der Waals surface area contributed by atoms with Crippen molar-refractivity contribution in [2.24, 2.45) is 5.41 Å². The van der Waals surface area contributed by atoms with E-state index in [0.29, 0.717) is 11.3 Å². The average molecular weight is 291 g/mol. The Morgan fingerprint density at radius 1 is 1.19 bits per heavy atom. The average Bonchev–Trinajstić information content (AvgIpc) is 2.23. The Bertz CT molecular complexity index is 513. The van der Waals surface area contributed by atoms with Crippen LogP contribution in [0.4, 0.5) is 11.4 Å². The molecule has 1 rings (SSSR count). The normalized spacial score (nSPS) is 12.1. The predicted octanol–water partition coefficient (Wildman–Crippen LogP) is 3.28. The van der Waals surface area contributed by atoms with Crippen LogP contribution in [0.3, 0.4) is 0 Å². The minimum Gasteiger partial charge on any atom is -0.397 e. The highest BCUT2D eigenvalue weighted by Gasteiger charge is 2.27. The number of nitrogens with zero attached hydrogens (tertiary/aromatic N) is 1. The Balaban J connectivity index is 2.87. The van der Waals surface area contributed by atoms with Gasteiger partial charge < -0.3 is 16.0 Å². The molecule has 1 amide bonds. The number of nitrogens with two attached hydrogens (primary N) is 1. The standard InChI is InChI=1S/C17H29N3O/c1-16(2,3)11-17(4,5)19-15(21)12-8-9-14(20(6)7)13(18)10-12/h8-10H,11,18H2,1-7H3,(H,19,21). The van der Waals surface area contributed by atoms with Gasteiger partial charge in [0.05, 0.1) is 11.4 Å². The lowest BCUT2D eigenvalue weighted by atomic mass is 9.81. The largest absolute Gasteiger partial charge is 0.397 e. The zero-order valence-electron chi connectivity index (χ0n) is 14.4. The van der Waals surface area contributed by atoms with Crippen LogP contribution in [-0.4, -0.2) is 25.5 Å². The molecule has 3 N–H and O–H groups in total. The molecule has 0 spiro atoms. The van der Waals surface area contributed by atoms with Crippen LogP contribution in [0, 0.1) is 5.41 Å². The minimum atomic E-state index is -0.260.